The highest BCUT2D eigenvalue weighted by Crippen LogP contribution is 2.32. The number of carbonyl (C=O) groups excluding carboxylic acids is 2. The number of halogens is 2. The Labute approximate surface area is 150 Å². The van der Waals surface area contributed by atoms with Crippen molar-refractivity contribution in [2.75, 3.05) is 5.32 Å². The molecule has 0 heterocycles. The molecule has 0 bridgehead atoms. The van der Waals surface area contributed by atoms with Crippen LogP contribution in [0.15, 0.2) is 42.5 Å². The van der Waals surface area contributed by atoms with Crippen molar-refractivity contribution in [3.05, 3.63) is 65.2 Å². The average Bonchev–Trinajstić information content (AvgIpc) is 2.63. The molecule has 2 aromatic carbocycles. The summed E-state index contributed by atoms with van der Waals surface area (Å²) >= 11 is 0. The van der Waals surface area contributed by atoms with E-state index in [9.17, 15) is 18.4 Å². The zero-order chi connectivity index (χ0) is 18.5. The van der Waals surface area contributed by atoms with E-state index in [0.717, 1.165) is 18.2 Å². The van der Waals surface area contributed by atoms with Crippen LogP contribution in [0.4, 0.5) is 19.3 Å². The Balaban J connectivity index is 1.60. The highest BCUT2D eigenvalue weighted by Gasteiger charge is 2.19. The lowest BCUT2D eigenvalue weighted by Crippen LogP contribution is -2.35. The lowest BCUT2D eigenvalue weighted by atomic mass is 9.84. The number of nitrogens with one attached hydrogen (secondary N) is 2. The fourth-order valence-electron chi connectivity index (χ4n) is 3.32. The maximum absolute atomic E-state index is 13.6. The van der Waals surface area contributed by atoms with Crippen molar-refractivity contribution in [1.82, 2.24) is 5.32 Å². The lowest BCUT2D eigenvalue weighted by molar-refractivity contribution is 0.0959. The Morgan fingerprint density at radius 1 is 0.885 bits per heavy atom. The molecule has 0 spiro atoms. The molecule has 136 valence electrons. The largest absolute Gasteiger partial charge is 0.326 e. The molecule has 4 nitrogen and oxygen atoms in total. The fraction of sp³-hybridized carbons (Fsp3) is 0.300. The molecule has 6 heteroatoms. The van der Waals surface area contributed by atoms with E-state index in [4.69, 9.17) is 0 Å². The van der Waals surface area contributed by atoms with E-state index in [1.807, 2.05) is 17.4 Å². The van der Waals surface area contributed by atoms with Gasteiger partial charge in [0.05, 0.1) is 0 Å². The van der Waals surface area contributed by atoms with Gasteiger partial charge in [-0.05, 0) is 48.6 Å². The minimum absolute atomic E-state index is 0.504. The fourth-order valence-corrected chi connectivity index (χ4v) is 3.32. The normalized spacial score (nSPS) is 14.7. The van der Waals surface area contributed by atoms with E-state index in [0.29, 0.717) is 11.6 Å². The molecule has 0 radical (unpaired) electrons. The van der Waals surface area contributed by atoms with Crippen LogP contribution in [0.1, 0.15) is 53.9 Å². The third kappa shape index (κ3) is 4.25. The average molecular weight is 358 g/mol. The van der Waals surface area contributed by atoms with Crippen molar-refractivity contribution in [3.8, 4) is 0 Å². The maximum atomic E-state index is 13.6. The van der Waals surface area contributed by atoms with Crippen LogP contribution in [-0.2, 0) is 0 Å². The molecule has 2 N–H and O–H groups in total. The Kier molecular flexibility index (Phi) is 5.61. The van der Waals surface area contributed by atoms with E-state index in [1.54, 1.807) is 12.1 Å². The summed E-state index contributed by atoms with van der Waals surface area (Å²) < 4.78 is 27.1. The Hall–Kier alpha value is -2.76. The number of amides is 3. The monoisotopic (exact) mass is 358 g/mol. The standard InChI is InChI=1S/C20H20F2N2O2/c21-16-7-4-8-17(22)18(16)19(25)24-20(26)23-15-11-9-14(10-12-15)13-5-2-1-3-6-13/h4,7-13H,1-3,5-6H2,(H2,23,24,25,26). The number of anilines is 1. The van der Waals surface area contributed by atoms with Gasteiger partial charge >= 0.3 is 6.03 Å². The molecule has 3 rings (SSSR count). The van der Waals surface area contributed by atoms with E-state index in [-0.39, 0.29) is 0 Å². The van der Waals surface area contributed by atoms with Crippen LogP contribution < -0.4 is 10.6 Å². The van der Waals surface area contributed by atoms with E-state index >= 15 is 0 Å². The van der Waals surface area contributed by atoms with Gasteiger partial charge in [0.15, 0.2) is 0 Å². The summed E-state index contributed by atoms with van der Waals surface area (Å²) in [5, 5.41) is 4.43. The van der Waals surface area contributed by atoms with E-state index < -0.39 is 29.1 Å². The smallest absolute Gasteiger partial charge is 0.308 e. The molecule has 2 aromatic rings. The van der Waals surface area contributed by atoms with Gasteiger partial charge in [-0.1, -0.05) is 37.5 Å². The van der Waals surface area contributed by atoms with Crippen LogP contribution in [0, 0.1) is 11.6 Å². The van der Waals surface area contributed by atoms with Crippen molar-refractivity contribution >= 4 is 17.6 Å². The molecule has 1 aliphatic carbocycles. The van der Waals surface area contributed by atoms with E-state index in [1.165, 1.54) is 37.7 Å². The highest BCUT2D eigenvalue weighted by molar-refractivity contribution is 6.08. The highest BCUT2D eigenvalue weighted by atomic mass is 19.1. The van der Waals surface area contributed by atoms with E-state index in [2.05, 4.69) is 5.32 Å². The molecule has 0 aliphatic heterocycles. The SMILES string of the molecule is O=C(NC(=O)c1c(F)cccc1F)Nc1ccc(C2CCCCC2)cc1. The number of urea groups is 1. The van der Waals surface area contributed by atoms with Gasteiger partial charge in [0.2, 0.25) is 0 Å². The molecular weight excluding hydrogens is 338 g/mol. The van der Waals surface area contributed by atoms with Crippen molar-refractivity contribution in [1.29, 1.82) is 0 Å². The number of hydrogen-bond donors (Lipinski definition) is 2. The molecule has 0 unspecified atom stereocenters. The molecule has 0 saturated heterocycles. The number of carbonyl (C=O) groups is 2. The van der Waals surface area contributed by atoms with Crippen molar-refractivity contribution in [2.24, 2.45) is 0 Å². The van der Waals surface area contributed by atoms with Gasteiger partial charge in [0.1, 0.15) is 17.2 Å². The number of hydrogen-bond acceptors (Lipinski definition) is 2. The van der Waals surface area contributed by atoms with Gasteiger partial charge in [-0.15, -0.1) is 0 Å². The summed E-state index contributed by atoms with van der Waals surface area (Å²) in [5.74, 6) is -2.62. The second kappa shape index (κ2) is 8.08. The van der Waals surface area contributed by atoms with Gasteiger partial charge in [-0.25, -0.2) is 13.6 Å². The third-order valence-electron chi connectivity index (χ3n) is 4.66. The molecule has 1 fully saturated rings. The summed E-state index contributed by atoms with van der Waals surface area (Å²) in [4.78, 5) is 23.8. The second-order valence-electron chi connectivity index (χ2n) is 6.46. The first-order valence-electron chi connectivity index (χ1n) is 8.71. The topological polar surface area (TPSA) is 58.2 Å². The molecule has 1 aliphatic rings. The molecule has 1 saturated carbocycles. The lowest BCUT2D eigenvalue weighted by Gasteiger charge is -2.22. The first-order chi connectivity index (χ1) is 12.5. The summed E-state index contributed by atoms with van der Waals surface area (Å²) in [7, 11) is 0. The van der Waals surface area contributed by atoms with Gasteiger partial charge in [0, 0.05) is 5.69 Å². The predicted octanol–water partition coefficient (Wildman–Crippen LogP) is 4.97. The number of benzene rings is 2. The van der Waals surface area contributed by atoms with Gasteiger partial charge in [-0.3, -0.25) is 10.1 Å². The number of rotatable bonds is 3. The Morgan fingerprint density at radius 3 is 2.12 bits per heavy atom. The zero-order valence-corrected chi connectivity index (χ0v) is 14.2. The summed E-state index contributed by atoms with van der Waals surface area (Å²) in [5.41, 5.74) is 0.958. The Bertz CT molecular complexity index is 780. The second-order valence-corrected chi connectivity index (χ2v) is 6.46. The van der Waals surface area contributed by atoms with Crippen LogP contribution in [0.5, 0.6) is 0 Å². The Morgan fingerprint density at radius 2 is 1.50 bits per heavy atom. The maximum Gasteiger partial charge on any atom is 0.326 e. The molecule has 3 amide bonds. The first-order valence-corrected chi connectivity index (χ1v) is 8.71. The number of imide groups is 1. The first kappa shape index (κ1) is 18.0. The predicted molar refractivity (Wildman–Crippen MR) is 95.1 cm³/mol. The van der Waals surface area contributed by atoms with Gasteiger partial charge in [0.25, 0.3) is 5.91 Å². The van der Waals surface area contributed by atoms with Crippen LogP contribution in [0.2, 0.25) is 0 Å². The van der Waals surface area contributed by atoms with Crippen LogP contribution in [0.3, 0.4) is 0 Å². The summed E-state index contributed by atoms with van der Waals surface area (Å²) in [6.45, 7) is 0. The van der Waals surface area contributed by atoms with Gasteiger partial charge < -0.3 is 5.32 Å². The van der Waals surface area contributed by atoms with Crippen molar-refractivity contribution in [2.45, 2.75) is 38.0 Å². The van der Waals surface area contributed by atoms with Gasteiger partial charge in [-0.2, -0.15) is 0 Å². The molecule has 0 atom stereocenters. The van der Waals surface area contributed by atoms with Crippen LogP contribution >= 0.6 is 0 Å². The minimum Gasteiger partial charge on any atom is -0.308 e. The molecular formula is C20H20F2N2O2. The van der Waals surface area contributed by atoms with Crippen molar-refractivity contribution < 1.29 is 18.4 Å². The minimum atomic E-state index is -1.13. The molecule has 0 aromatic heterocycles. The van der Waals surface area contributed by atoms with Crippen LogP contribution in [-0.4, -0.2) is 11.9 Å². The summed E-state index contributed by atoms with van der Waals surface area (Å²) in [6.07, 6.45) is 6.11. The molecule has 26 heavy (non-hydrogen) atoms. The quantitative estimate of drug-likeness (QED) is 0.813. The summed E-state index contributed by atoms with van der Waals surface area (Å²) in [6, 6.07) is 9.67. The van der Waals surface area contributed by atoms with Crippen LogP contribution in [0.25, 0.3) is 0 Å². The third-order valence-corrected chi connectivity index (χ3v) is 4.66. The van der Waals surface area contributed by atoms with Crippen molar-refractivity contribution in [3.63, 3.8) is 0 Å². The zero-order valence-electron chi connectivity index (χ0n) is 14.2.